The van der Waals surface area contributed by atoms with Gasteiger partial charge in [0.1, 0.15) is 36.6 Å². The molecule has 12 nitrogen and oxygen atoms in total. The smallest absolute Gasteiger partial charge is 0.223 e. The van der Waals surface area contributed by atoms with E-state index in [0.717, 1.165) is 37.8 Å². The monoisotopic (exact) mass is 693 g/mol. The van der Waals surface area contributed by atoms with E-state index in [0.29, 0.717) is 12.5 Å². The fourth-order valence-corrected chi connectivity index (χ4v) is 5.75. The van der Waals surface area contributed by atoms with Gasteiger partial charge in [0.2, 0.25) is 5.91 Å². The normalized spacial score (nSPS) is 24.5. The van der Waals surface area contributed by atoms with Crippen LogP contribution in [0.3, 0.4) is 0 Å². The maximum atomic E-state index is 13.6. The van der Waals surface area contributed by atoms with Gasteiger partial charge in [0.05, 0.1) is 37.9 Å². The molecule has 0 aliphatic carbocycles. The minimum absolute atomic E-state index is 0.172. The summed E-state index contributed by atoms with van der Waals surface area (Å²) in [5, 5.41) is 84.9. The van der Waals surface area contributed by atoms with E-state index in [9.17, 15) is 54.4 Å². The van der Waals surface area contributed by atoms with Crippen molar-refractivity contribution in [2.75, 3.05) is 13.2 Å². The Bertz CT molecular complexity index is 1040. The van der Waals surface area contributed by atoms with Gasteiger partial charge in [0, 0.05) is 0 Å². The standard InChI is InChI=1S/C34H57F2NO11/c1-2-3-4-5-6-7-8-9-10-11-12-13-14-25(39)30(43)24(20-47-34-33(46)32(45)31(44)27(19-38)48-34)37-28(41)18-26(40)29(42)21-15-16-22(35)23(36)17-21/h15-17,24-27,29-34,38-40,42-46H,2-14,18-20H2,1H3,(H,37,41)/t24-,25+,26-,27?,29+,30-,31-,32-,33?,34-/m0/s1. The van der Waals surface area contributed by atoms with E-state index in [4.69, 9.17) is 9.47 Å². The third-order valence-corrected chi connectivity index (χ3v) is 8.84. The van der Waals surface area contributed by atoms with Crippen molar-refractivity contribution in [1.29, 1.82) is 0 Å². The van der Waals surface area contributed by atoms with Gasteiger partial charge in [-0.25, -0.2) is 8.78 Å². The number of amides is 1. The molecule has 1 aromatic rings. The summed E-state index contributed by atoms with van der Waals surface area (Å²) in [6.45, 7) is 0.917. The number of ether oxygens (including phenoxy) is 2. The summed E-state index contributed by atoms with van der Waals surface area (Å²) >= 11 is 0. The Kier molecular flexibility index (Phi) is 20.1. The average Bonchev–Trinajstić information content (AvgIpc) is 3.07. The number of hydrogen-bond donors (Lipinski definition) is 9. The number of hydrogen-bond acceptors (Lipinski definition) is 11. The van der Waals surface area contributed by atoms with Crippen molar-refractivity contribution in [2.45, 2.75) is 158 Å². The van der Waals surface area contributed by atoms with Gasteiger partial charge >= 0.3 is 0 Å². The predicted molar refractivity (Wildman–Crippen MR) is 171 cm³/mol. The van der Waals surface area contributed by atoms with Crippen LogP contribution in [0.1, 0.15) is 108 Å². The van der Waals surface area contributed by atoms with Crippen molar-refractivity contribution in [3.05, 3.63) is 35.4 Å². The Morgan fingerprint density at radius 3 is 1.98 bits per heavy atom. The van der Waals surface area contributed by atoms with Gasteiger partial charge in [-0.05, 0) is 24.1 Å². The number of rotatable bonds is 24. The van der Waals surface area contributed by atoms with Crippen molar-refractivity contribution in [1.82, 2.24) is 5.32 Å². The second-order valence-electron chi connectivity index (χ2n) is 12.8. The first-order valence-electron chi connectivity index (χ1n) is 17.3. The number of aliphatic hydroxyl groups is 8. The molecule has 278 valence electrons. The van der Waals surface area contributed by atoms with Gasteiger partial charge in [-0.1, -0.05) is 90.0 Å². The second kappa shape index (κ2) is 22.8. The molecule has 0 saturated carbocycles. The fraction of sp³-hybridized carbons (Fsp3) is 0.794. The maximum absolute atomic E-state index is 13.6. The Balaban J connectivity index is 1.93. The molecular weight excluding hydrogens is 636 g/mol. The third kappa shape index (κ3) is 14.2. The SMILES string of the molecule is CCCCCCCCCCCCCC[C@@H](O)[C@@H](O)[C@H](CO[C@H]1OC(CO)[C@H](O)[C@H](O)C1O)NC(=O)C[C@H](O)[C@H](O)c1ccc(F)c(F)c1. The molecule has 0 bridgehead atoms. The summed E-state index contributed by atoms with van der Waals surface area (Å²) < 4.78 is 37.7. The third-order valence-electron chi connectivity index (χ3n) is 8.84. The molecule has 0 spiro atoms. The van der Waals surface area contributed by atoms with Crippen molar-refractivity contribution >= 4 is 5.91 Å². The Morgan fingerprint density at radius 1 is 0.833 bits per heavy atom. The molecule has 1 fully saturated rings. The van der Waals surface area contributed by atoms with E-state index in [1.54, 1.807) is 0 Å². The quantitative estimate of drug-likeness (QED) is 0.0714. The first kappa shape index (κ1) is 42.3. The summed E-state index contributed by atoms with van der Waals surface area (Å²) in [4.78, 5) is 12.9. The molecule has 10 atom stereocenters. The van der Waals surface area contributed by atoms with E-state index in [1.165, 1.54) is 44.9 Å². The molecule has 2 rings (SSSR count). The molecule has 9 N–H and O–H groups in total. The molecule has 1 amide bonds. The van der Waals surface area contributed by atoms with Crippen molar-refractivity contribution in [3.63, 3.8) is 0 Å². The van der Waals surface area contributed by atoms with Gasteiger partial charge in [-0.15, -0.1) is 0 Å². The lowest BCUT2D eigenvalue weighted by atomic mass is 9.98. The number of halogens is 2. The van der Waals surface area contributed by atoms with Crippen molar-refractivity contribution in [3.8, 4) is 0 Å². The average molecular weight is 694 g/mol. The molecule has 48 heavy (non-hydrogen) atoms. The number of unbranched alkanes of at least 4 members (excludes halogenated alkanes) is 11. The summed E-state index contributed by atoms with van der Waals surface area (Å²) in [6, 6.07) is 1.16. The number of nitrogens with one attached hydrogen (secondary N) is 1. The first-order chi connectivity index (χ1) is 22.9. The van der Waals surface area contributed by atoms with Crippen LogP contribution in [0, 0.1) is 11.6 Å². The molecule has 1 aliphatic rings. The Labute approximate surface area is 281 Å². The zero-order chi connectivity index (χ0) is 35.6. The van der Waals surface area contributed by atoms with Gasteiger partial charge < -0.3 is 55.6 Å². The van der Waals surface area contributed by atoms with Crippen LogP contribution in [-0.4, -0.2) is 115 Å². The number of carbonyl (C=O) groups excluding carboxylic acids is 1. The van der Waals surface area contributed by atoms with E-state index in [2.05, 4.69) is 12.2 Å². The highest BCUT2D eigenvalue weighted by atomic mass is 19.2. The zero-order valence-corrected chi connectivity index (χ0v) is 27.9. The van der Waals surface area contributed by atoms with Crippen LogP contribution in [0.5, 0.6) is 0 Å². The highest BCUT2D eigenvalue weighted by molar-refractivity contribution is 5.77. The Morgan fingerprint density at radius 2 is 1.42 bits per heavy atom. The van der Waals surface area contributed by atoms with E-state index in [1.807, 2.05) is 0 Å². The highest BCUT2D eigenvalue weighted by Crippen LogP contribution is 2.24. The number of aliphatic hydroxyl groups excluding tert-OH is 8. The second-order valence-corrected chi connectivity index (χ2v) is 12.8. The molecular formula is C34H57F2NO11. The molecule has 2 unspecified atom stereocenters. The van der Waals surface area contributed by atoms with Crippen LogP contribution in [0.25, 0.3) is 0 Å². The van der Waals surface area contributed by atoms with E-state index < -0.39 is 98.3 Å². The number of benzene rings is 1. The maximum Gasteiger partial charge on any atom is 0.223 e. The van der Waals surface area contributed by atoms with E-state index >= 15 is 0 Å². The van der Waals surface area contributed by atoms with Gasteiger partial charge in [0.25, 0.3) is 0 Å². The van der Waals surface area contributed by atoms with Gasteiger partial charge in [-0.3, -0.25) is 4.79 Å². The van der Waals surface area contributed by atoms with Crippen molar-refractivity contribution < 1.29 is 63.9 Å². The lowest BCUT2D eigenvalue weighted by molar-refractivity contribution is -0.303. The highest BCUT2D eigenvalue weighted by Gasteiger charge is 2.44. The molecule has 0 aromatic heterocycles. The van der Waals surface area contributed by atoms with Crippen LogP contribution < -0.4 is 5.32 Å². The van der Waals surface area contributed by atoms with Gasteiger partial charge in [-0.2, -0.15) is 0 Å². The van der Waals surface area contributed by atoms with Crippen LogP contribution in [0.15, 0.2) is 18.2 Å². The summed E-state index contributed by atoms with van der Waals surface area (Å²) in [5.74, 6) is -3.31. The first-order valence-corrected chi connectivity index (χ1v) is 17.3. The summed E-state index contributed by atoms with van der Waals surface area (Å²) in [7, 11) is 0. The fourth-order valence-electron chi connectivity index (χ4n) is 5.75. The lowest BCUT2D eigenvalue weighted by Crippen LogP contribution is -2.60. The van der Waals surface area contributed by atoms with E-state index in [-0.39, 0.29) is 12.0 Å². The summed E-state index contributed by atoms with van der Waals surface area (Å²) in [5.41, 5.74) is -0.172. The number of carbonyl (C=O) groups is 1. The topological polar surface area (TPSA) is 209 Å². The van der Waals surface area contributed by atoms with Crippen LogP contribution in [0.4, 0.5) is 8.78 Å². The minimum atomic E-state index is -1.76. The van der Waals surface area contributed by atoms with Crippen LogP contribution >= 0.6 is 0 Å². The molecule has 14 heteroatoms. The predicted octanol–water partition coefficient (Wildman–Crippen LogP) is 1.86. The van der Waals surface area contributed by atoms with Crippen molar-refractivity contribution in [2.24, 2.45) is 0 Å². The molecule has 0 radical (unpaired) electrons. The molecule has 1 saturated heterocycles. The molecule has 1 aliphatic heterocycles. The molecule has 1 aromatic carbocycles. The van der Waals surface area contributed by atoms with Gasteiger partial charge in [0.15, 0.2) is 17.9 Å². The van der Waals surface area contributed by atoms with Crippen LogP contribution in [0.2, 0.25) is 0 Å². The Hall–Kier alpha value is -1.85. The molecule has 1 heterocycles. The van der Waals surface area contributed by atoms with Crippen LogP contribution in [-0.2, 0) is 14.3 Å². The lowest BCUT2D eigenvalue weighted by Gasteiger charge is -2.40. The summed E-state index contributed by atoms with van der Waals surface area (Å²) in [6.07, 6.45) is -1.56. The zero-order valence-electron chi connectivity index (χ0n) is 27.9. The minimum Gasteiger partial charge on any atom is -0.394 e. The largest absolute Gasteiger partial charge is 0.394 e.